The van der Waals surface area contributed by atoms with Gasteiger partial charge in [0.2, 0.25) is 11.8 Å². The molecule has 0 radical (unpaired) electrons. The van der Waals surface area contributed by atoms with Crippen molar-refractivity contribution >= 4 is 47.6 Å². The number of carbonyl (C=O) groups excluding carboxylic acids is 7. The molecule has 0 heterocycles. The predicted octanol–water partition coefficient (Wildman–Crippen LogP) is 2.24. The van der Waals surface area contributed by atoms with Crippen LogP contribution in [0, 0.1) is 5.41 Å². The molecule has 0 aromatic heterocycles. The van der Waals surface area contributed by atoms with Crippen LogP contribution in [0.15, 0.2) is 61.2 Å². The van der Waals surface area contributed by atoms with Crippen LogP contribution in [0.1, 0.15) is 62.5 Å². The van der Waals surface area contributed by atoms with Crippen LogP contribution < -0.4 is 21.7 Å². The summed E-state index contributed by atoms with van der Waals surface area (Å²) in [4.78, 5) is 88.5. The first-order valence-electron chi connectivity index (χ1n) is 16.9. The van der Waals surface area contributed by atoms with Gasteiger partial charge in [-0.05, 0) is 48.4 Å². The molecule has 1 aliphatic rings. The van der Waals surface area contributed by atoms with E-state index >= 15 is 0 Å². The number of ketones is 2. The van der Waals surface area contributed by atoms with Gasteiger partial charge in [0.05, 0.1) is 19.4 Å². The zero-order valence-corrected chi connectivity index (χ0v) is 29.0. The summed E-state index contributed by atoms with van der Waals surface area (Å²) in [5.74, 6) is -4.42. The number of nitrogens with two attached hydrogens (primary N) is 1. The zero-order chi connectivity index (χ0) is 38.0. The third kappa shape index (κ3) is 12.0. The highest BCUT2D eigenvalue weighted by molar-refractivity contribution is 6.26. The van der Waals surface area contributed by atoms with Gasteiger partial charge >= 0.3 is 18.0 Å². The van der Waals surface area contributed by atoms with Gasteiger partial charge < -0.3 is 41.3 Å². The van der Waals surface area contributed by atoms with Gasteiger partial charge in [-0.15, -0.1) is 0 Å². The van der Waals surface area contributed by atoms with Crippen LogP contribution >= 0.6 is 0 Å². The topological polar surface area (TPSA) is 233 Å². The molecule has 3 rings (SSSR count). The normalized spacial score (nSPS) is 13.2. The summed E-state index contributed by atoms with van der Waals surface area (Å²) in [5.41, 5.74) is 9.48. The van der Waals surface area contributed by atoms with E-state index in [1.54, 1.807) is 6.92 Å². The van der Waals surface area contributed by atoms with Crippen molar-refractivity contribution in [1.29, 1.82) is 5.41 Å². The maximum atomic E-state index is 13.3. The summed E-state index contributed by atoms with van der Waals surface area (Å²) in [5, 5.41) is 14.5. The van der Waals surface area contributed by atoms with Crippen molar-refractivity contribution in [3.8, 4) is 11.1 Å². The SMILES string of the molecule is C=CCOC(=O)C(CCC(=O)NC(CCC(=O)CN)C(=O)NC(CCC(=O)C=N)C(=O)OCC)NC(=O)OCC1c2ccccc2-c2ccccc21. The van der Waals surface area contributed by atoms with Crippen molar-refractivity contribution in [1.82, 2.24) is 16.0 Å². The Kier molecular flexibility index (Phi) is 16.3. The largest absolute Gasteiger partial charge is 0.464 e. The monoisotopic (exact) mass is 719 g/mol. The van der Waals surface area contributed by atoms with Gasteiger partial charge in [-0.25, -0.2) is 14.4 Å². The molecule has 0 bridgehead atoms. The molecule has 3 amide bonds. The first kappa shape index (κ1) is 40.7. The molecule has 6 N–H and O–H groups in total. The minimum Gasteiger partial charge on any atom is -0.464 e. The molecular formula is C37H45N5O10. The van der Waals surface area contributed by atoms with E-state index in [1.165, 1.54) is 6.08 Å². The maximum Gasteiger partial charge on any atom is 0.407 e. The number of hydrogen-bond acceptors (Lipinski definition) is 12. The quantitative estimate of drug-likeness (QED) is 0.0512. The minimum atomic E-state index is -1.32. The van der Waals surface area contributed by atoms with Gasteiger partial charge in [0.1, 0.15) is 37.1 Å². The summed E-state index contributed by atoms with van der Waals surface area (Å²) in [7, 11) is 0. The molecule has 3 atom stereocenters. The Labute approximate surface area is 301 Å². The highest BCUT2D eigenvalue weighted by Gasteiger charge is 2.32. The molecule has 0 aliphatic heterocycles. The summed E-state index contributed by atoms with van der Waals surface area (Å²) in [6, 6.07) is 11.7. The number of benzene rings is 2. The van der Waals surface area contributed by atoms with Gasteiger partial charge in [-0.3, -0.25) is 19.2 Å². The molecular weight excluding hydrogens is 674 g/mol. The Hall–Kier alpha value is -5.70. The third-order valence-electron chi connectivity index (χ3n) is 8.24. The lowest BCUT2D eigenvalue weighted by Crippen LogP contribution is -2.52. The number of alkyl carbamates (subject to hydrolysis) is 1. The van der Waals surface area contributed by atoms with E-state index in [1.807, 2.05) is 48.5 Å². The standard InChI is InChI=1S/C37H45N5O10/c1-3-19-51-36(48)32(42-37(49)52-22-29-27-11-7-5-9-25(27)26-10-6-8-12-28(26)29)17-18-33(45)40-30(15-13-23(43)20-38)34(46)41-31(35(47)50-4-2)16-14-24(44)21-39/h3,5-12,21,29-32,39H,1,4,13-20,22,38H2,2H3,(H,40,45)(H,41,46)(H,42,49). The molecule has 2 aromatic carbocycles. The van der Waals surface area contributed by atoms with Crippen molar-refractivity contribution in [3.63, 3.8) is 0 Å². The Balaban J connectivity index is 1.67. The third-order valence-corrected chi connectivity index (χ3v) is 8.24. The smallest absolute Gasteiger partial charge is 0.407 e. The molecule has 3 unspecified atom stereocenters. The molecule has 278 valence electrons. The van der Waals surface area contributed by atoms with Crippen LogP contribution in [0.5, 0.6) is 0 Å². The Morgan fingerprint density at radius 3 is 1.96 bits per heavy atom. The maximum absolute atomic E-state index is 13.3. The van der Waals surface area contributed by atoms with Crippen LogP contribution in [0.4, 0.5) is 4.79 Å². The molecule has 52 heavy (non-hydrogen) atoms. The summed E-state index contributed by atoms with van der Waals surface area (Å²) < 4.78 is 15.7. The van der Waals surface area contributed by atoms with Gasteiger partial charge in [-0.1, -0.05) is 61.2 Å². The molecule has 15 heteroatoms. The fourth-order valence-corrected chi connectivity index (χ4v) is 5.61. The van der Waals surface area contributed by atoms with Crippen molar-refractivity contribution in [2.45, 2.75) is 69.5 Å². The molecule has 2 aromatic rings. The average molecular weight is 720 g/mol. The number of nitrogens with one attached hydrogen (secondary N) is 4. The van der Waals surface area contributed by atoms with Crippen LogP contribution in [0.2, 0.25) is 0 Å². The predicted molar refractivity (Wildman–Crippen MR) is 189 cm³/mol. The fourth-order valence-electron chi connectivity index (χ4n) is 5.61. The van der Waals surface area contributed by atoms with Crippen molar-refractivity contribution in [3.05, 3.63) is 72.3 Å². The lowest BCUT2D eigenvalue weighted by Gasteiger charge is -2.23. The lowest BCUT2D eigenvalue weighted by molar-refractivity contribution is -0.148. The highest BCUT2D eigenvalue weighted by Crippen LogP contribution is 2.44. The number of amides is 3. The first-order valence-corrected chi connectivity index (χ1v) is 16.9. The molecule has 0 saturated heterocycles. The number of hydrogen-bond donors (Lipinski definition) is 5. The van der Waals surface area contributed by atoms with Crippen molar-refractivity contribution in [2.75, 3.05) is 26.4 Å². The van der Waals surface area contributed by atoms with Gasteiger partial charge in [-0.2, -0.15) is 0 Å². The Morgan fingerprint density at radius 1 is 0.788 bits per heavy atom. The number of rotatable bonds is 22. The van der Waals surface area contributed by atoms with E-state index in [9.17, 15) is 33.6 Å². The Bertz CT molecular complexity index is 1600. The summed E-state index contributed by atoms with van der Waals surface area (Å²) in [6.45, 7) is 4.60. The van der Waals surface area contributed by atoms with Gasteiger partial charge in [0.15, 0.2) is 5.78 Å². The van der Waals surface area contributed by atoms with E-state index < -0.39 is 53.8 Å². The van der Waals surface area contributed by atoms with E-state index in [0.29, 0.717) is 6.21 Å². The second kappa shape index (κ2) is 20.8. The van der Waals surface area contributed by atoms with Crippen molar-refractivity contribution in [2.24, 2.45) is 5.73 Å². The van der Waals surface area contributed by atoms with E-state index in [-0.39, 0.29) is 76.6 Å². The van der Waals surface area contributed by atoms with Crippen LogP contribution in [-0.2, 0) is 43.0 Å². The van der Waals surface area contributed by atoms with Crippen LogP contribution in [0.25, 0.3) is 11.1 Å². The van der Waals surface area contributed by atoms with Gasteiger partial charge in [0, 0.05) is 25.2 Å². The van der Waals surface area contributed by atoms with Crippen LogP contribution in [-0.4, -0.2) is 92.1 Å². The second-order valence-corrected chi connectivity index (χ2v) is 11.8. The molecule has 1 aliphatic carbocycles. The number of Topliss-reactive ketones (excluding diaryl/α,β-unsaturated/α-hetero) is 2. The molecule has 0 fully saturated rings. The Morgan fingerprint density at radius 2 is 1.37 bits per heavy atom. The molecule has 0 saturated carbocycles. The molecule has 15 nitrogen and oxygen atoms in total. The summed E-state index contributed by atoms with van der Waals surface area (Å²) in [6.07, 6.45) is -0.351. The number of esters is 2. The van der Waals surface area contributed by atoms with E-state index in [2.05, 4.69) is 22.5 Å². The van der Waals surface area contributed by atoms with Crippen molar-refractivity contribution < 1.29 is 47.8 Å². The number of carbonyl (C=O) groups is 7. The fraction of sp³-hybridized carbons (Fsp3) is 0.405. The lowest BCUT2D eigenvalue weighted by atomic mass is 9.98. The zero-order valence-electron chi connectivity index (χ0n) is 29.0. The van der Waals surface area contributed by atoms with E-state index in [4.69, 9.17) is 25.4 Å². The second-order valence-electron chi connectivity index (χ2n) is 11.8. The van der Waals surface area contributed by atoms with E-state index in [0.717, 1.165) is 22.3 Å². The van der Waals surface area contributed by atoms with Gasteiger partial charge in [0.25, 0.3) is 0 Å². The summed E-state index contributed by atoms with van der Waals surface area (Å²) >= 11 is 0. The number of fused-ring (bicyclic) bond motifs is 3. The highest BCUT2D eigenvalue weighted by atomic mass is 16.6. The minimum absolute atomic E-state index is 0.00460. The first-order chi connectivity index (χ1) is 25.0. The number of ether oxygens (including phenoxy) is 3. The average Bonchev–Trinajstić information content (AvgIpc) is 3.47. The molecule has 0 spiro atoms. The van der Waals surface area contributed by atoms with Crippen LogP contribution in [0.3, 0.4) is 0 Å².